The monoisotopic (exact) mass is 506 g/mol. The topological polar surface area (TPSA) is 36.3 Å². The number of aryl methyl sites for hydroxylation is 1. The molecule has 0 fully saturated rings. The molecule has 188 valence electrons. The minimum absolute atomic E-state index is 0.409. The van der Waals surface area contributed by atoms with Gasteiger partial charge in [0.1, 0.15) is 5.75 Å². The summed E-state index contributed by atoms with van der Waals surface area (Å²) in [5.74, 6) is 2.14. The van der Waals surface area contributed by atoms with Crippen LogP contribution in [-0.4, -0.2) is 30.6 Å². The predicted molar refractivity (Wildman–Crippen MR) is 146 cm³/mol. The average Bonchev–Trinajstić information content (AvgIpc) is 3.17. The zero-order valence-corrected chi connectivity index (χ0v) is 23.6. The Kier molecular flexibility index (Phi) is 10.7. The predicted octanol–water partition coefficient (Wildman–Crippen LogP) is 8.62. The quantitative estimate of drug-likeness (QED) is 0.306. The molecule has 0 amide bonds. The van der Waals surface area contributed by atoms with Crippen LogP contribution in [0.5, 0.6) is 5.75 Å². The molecular weight excluding hydrogens is 467 g/mol. The van der Waals surface area contributed by atoms with E-state index in [0.29, 0.717) is 24.4 Å². The van der Waals surface area contributed by atoms with Gasteiger partial charge in [-0.15, -0.1) is 0 Å². The van der Waals surface area contributed by atoms with E-state index in [9.17, 15) is 0 Å². The maximum Gasteiger partial charge on any atom is 0.120 e. The number of hydrogen-bond donors (Lipinski definition) is 0. The molecule has 0 aliphatic carbocycles. The van der Waals surface area contributed by atoms with E-state index in [1.807, 2.05) is 16.8 Å². The lowest BCUT2D eigenvalue weighted by Gasteiger charge is -2.18. The van der Waals surface area contributed by atoms with Crippen LogP contribution in [0.4, 0.5) is 0 Å². The Labute approximate surface area is 215 Å². The fraction of sp³-hybridized carbons (Fsp3) is 0.536. The van der Waals surface area contributed by atoms with Crippen molar-refractivity contribution in [1.82, 2.24) is 9.78 Å². The lowest BCUT2D eigenvalue weighted by atomic mass is 9.88. The van der Waals surface area contributed by atoms with Crippen molar-refractivity contribution in [3.8, 4) is 5.75 Å². The minimum Gasteiger partial charge on any atom is -0.497 e. The van der Waals surface area contributed by atoms with Gasteiger partial charge in [0, 0.05) is 28.7 Å². The second kappa shape index (κ2) is 12.8. The molecule has 0 aliphatic rings. The molecule has 2 aromatic carbocycles. The van der Waals surface area contributed by atoms with E-state index in [2.05, 4.69) is 65.8 Å². The lowest BCUT2D eigenvalue weighted by Crippen LogP contribution is -2.03. The number of benzene rings is 2. The molecule has 0 radical (unpaired) electrons. The van der Waals surface area contributed by atoms with Gasteiger partial charge in [0.15, 0.2) is 0 Å². The molecule has 0 spiro atoms. The fourth-order valence-electron chi connectivity index (χ4n) is 4.43. The number of fused-ring (bicyclic) bond motifs is 1. The highest BCUT2D eigenvalue weighted by atomic mass is 35.5. The van der Waals surface area contributed by atoms with Crippen LogP contribution in [0, 0.1) is 0 Å². The minimum atomic E-state index is 0.409. The van der Waals surface area contributed by atoms with Crippen molar-refractivity contribution in [2.75, 3.05) is 20.8 Å². The normalized spacial score (nSPS) is 11.5. The van der Waals surface area contributed by atoms with Gasteiger partial charge in [-0.1, -0.05) is 71.7 Å². The van der Waals surface area contributed by atoms with Crippen LogP contribution in [0.25, 0.3) is 10.9 Å². The van der Waals surface area contributed by atoms with Crippen LogP contribution in [0.15, 0.2) is 24.4 Å². The fourth-order valence-corrected chi connectivity index (χ4v) is 5.30. The van der Waals surface area contributed by atoms with Gasteiger partial charge in [-0.25, -0.2) is 0 Å². The Balaban J connectivity index is 0.000000257. The number of hydrogen-bond acceptors (Lipinski definition) is 3. The largest absolute Gasteiger partial charge is 0.497 e. The second-order valence-corrected chi connectivity index (χ2v) is 10.3. The maximum atomic E-state index is 6.49. The Morgan fingerprint density at radius 3 is 1.94 bits per heavy atom. The molecule has 0 bridgehead atoms. The van der Waals surface area contributed by atoms with E-state index in [1.165, 1.54) is 27.6 Å². The molecule has 1 heterocycles. The van der Waals surface area contributed by atoms with Gasteiger partial charge in [0.25, 0.3) is 0 Å². The lowest BCUT2D eigenvalue weighted by molar-refractivity contribution is 0.184. The van der Waals surface area contributed by atoms with E-state index in [4.69, 9.17) is 32.7 Å². The van der Waals surface area contributed by atoms with Crippen LogP contribution >= 0.6 is 23.2 Å². The highest BCUT2D eigenvalue weighted by Gasteiger charge is 2.19. The number of nitrogens with zero attached hydrogens (tertiary/aromatic N) is 2. The van der Waals surface area contributed by atoms with Crippen LogP contribution in [0.1, 0.15) is 88.5 Å². The molecule has 0 atom stereocenters. The molecule has 4 nitrogen and oxygen atoms in total. The summed E-state index contributed by atoms with van der Waals surface area (Å²) in [6, 6.07) is 5.94. The number of rotatable bonds is 8. The number of aromatic nitrogens is 2. The van der Waals surface area contributed by atoms with E-state index in [0.717, 1.165) is 34.3 Å². The summed E-state index contributed by atoms with van der Waals surface area (Å²) in [7, 11) is 3.37. The first-order valence-electron chi connectivity index (χ1n) is 12.1. The van der Waals surface area contributed by atoms with Crippen molar-refractivity contribution in [1.29, 1.82) is 0 Å². The van der Waals surface area contributed by atoms with Crippen molar-refractivity contribution in [2.45, 2.75) is 79.2 Å². The summed E-state index contributed by atoms with van der Waals surface area (Å²) in [6.07, 6.45) is 3.11. The summed E-state index contributed by atoms with van der Waals surface area (Å²) < 4.78 is 12.3. The number of ether oxygens (including phenoxy) is 2. The highest BCUT2D eigenvalue weighted by Crippen LogP contribution is 2.38. The van der Waals surface area contributed by atoms with Crippen molar-refractivity contribution in [2.24, 2.45) is 0 Å². The van der Waals surface area contributed by atoms with E-state index < -0.39 is 0 Å². The van der Waals surface area contributed by atoms with Crippen LogP contribution in [-0.2, 0) is 17.7 Å². The van der Waals surface area contributed by atoms with Crippen molar-refractivity contribution >= 4 is 34.1 Å². The smallest absolute Gasteiger partial charge is 0.120 e. The van der Waals surface area contributed by atoms with E-state index >= 15 is 0 Å². The molecule has 0 N–H and O–H groups in total. The second-order valence-electron chi connectivity index (χ2n) is 9.50. The molecule has 34 heavy (non-hydrogen) atoms. The Morgan fingerprint density at radius 2 is 1.44 bits per heavy atom. The number of halogens is 2. The molecule has 1 aromatic heterocycles. The Morgan fingerprint density at radius 1 is 0.853 bits per heavy atom. The van der Waals surface area contributed by atoms with Gasteiger partial charge < -0.3 is 9.47 Å². The summed E-state index contributed by atoms with van der Waals surface area (Å²) in [5.41, 5.74) is 6.07. The third-order valence-electron chi connectivity index (χ3n) is 5.95. The average molecular weight is 508 g/mol. The molecular formula is C28H40Cl2N2O2. The highest BCUT2D eigenvalue weighted by molar-refractivity contribution is 6.32. The maximum absolute atomic E-state index is 6.49. The molecule has 0 unspecified atom stereocenters. The first-order chi connectivity index (χ1) is 16.0. The van der Waals surface area contributed by atoms with Crippen LogP contribution in [0.2, 0.25) is 10.0 Å². The van der Waals surface area contributed by atoms with E-state index in [-0.39, 0.29) is 0 Å². The van der Waals surface area contributed by atoms with Gasteiger partial charge in [-0.2, -0.15) is 5.10 Å². The summed E-state index contributed by atoms with van der Waals surface area (Å²) in [5, 5.41) is 7.46. The third-order valence-corrected chi connectivity index (χ3v) is 6.58. The zero-order valence-electron chi connectivity index (χ0n) is 22.1. The Bertz CT molecular complexity index is 1090. The SMILES string of the molecule is CCc1cc(OC)cc(Cl)c1C(C)C.COCCn1cc2c(C(C)C)c(C(C)C)c(Cl)cc2n1. The van der Waals surface area contributed by atoms with Crippen molar-refractivity contribution in [3.63, 3.8) is 0 Å². The summed E-state index contributed by atoms with van der Waals surface area (Å²) in [6.45, 7) is 16.7. The van der Waals surface area contributed by atoms with Crippen LogP contribution in [0.3, 0.4) is 0 Å². The first-order valence-corrected chi connectivity index (χ1v) is 12.9. The standard InChI is InChI=1S/C16H23ClN2O.C12H17ClO/c1-10(2)15-12-9-19(6-7-20-5)18-14(12)8-13(17)16(15)11(3)4;1-5-9-6-10(14-4)7-11(13)12(9)8(2)3/h8-11H,6-7H2,1-5H3;6-8H,5H2,1-4H3. The third kappa shape index (κ3) is 6.68. The van der Waals surface area contributed by atoms with Crippen molar-refractivity contribution < 1.29 is 9.47 Å². The molecule has 0 saturated carbocycles. The van der Waals surface area contributed by atoms with Crippen molar-refractivity contribution in [3.05, 3.63) is 56.7 Å². The summed E-state index contributed by atoms with van der Waals surface area (Å²) >= 11 is 12.7. The Hall–Kier alpha value is -1.75. The van der Waals surface area contributed by atoms with Gasteiger partial charge in [0.05, 0.1) is 25.8 Å². The number of methoxy groups -OCH3 is 2. The molecule has 0 aliphatic heterocycles. The first kappa shape index (κ1) is 28.5. The molecule has 0 saturated heterocycles. The van der Waals surface area contributed by atoms with Gasteiger partial charge in [-0.3, -0.25) is 4.68 Å². The van der Waals surface area contributed by atoms with E-state index in [1.54, 1.807) is 14.2 Å². The van der Waals surface area contributed by atoms with Gasteiger partial charge in [-0.05, 0) is 64.6 Å². The molecule has 3 aromatic rings. The summed E-state index contributed by atoms with van der Waals surface area (Å²) in [4.78, 5) is 0. The van der Waals surface area contributed by atoms with Gasteiger partial charge >= 0.3 is 0 Å². The van der Waals surface area contributed by atoms with Gasteiger partial charge in [0.2, 0.25) is 0 Å². The molecule has 6 heteroatoms. The molecule has 3 rings (SSSR count). The zero-order chi connectivity index (χ0) is 25.6. The van der Waals surface area contributed by atoms with Crippen LogP contribution < -0.4 is 4.74 Å².